The molecule has 0 aliphatic carbocycles. The van der Waals surface area contributed by atoms with Crippen molar-refractivity contribution in [3.63, 3.8) is 0 Å². The number of para-hydroxylation sites is 2. The summed E-state index contributed by atoms with van der Waals surface area (Å²) in [4.78, 5) is 33.5. The minimum atomic E-state index is -0.106. The molecule has 0 saturated carbocycles. The van der Waals surface area contributed by atoms with Crippen molar-refractivity contribution in [2.75, 3.05) is 30.0 Å². The lowest BCUT2D eigenvalue weighted by molar-refractivity contribution is -0.115. The molecule has 4 aromatic heterocycles. The fraction of sp³-hybridized carbons (Fsp3) is 0.240. The standard InChI is InChI=1S/C25H23N7O2S/c1-16-13-34-11-10-31(16)24-23-22(19(14-35-23)28-21(33)12-17-6-8-26-9-7-17)29-25(30-24)32-15-27-18-4-2-3-5-20(18)32/h2-9,14-16H,10-13H2,1H3,(H,28,33)/t16-/m1/s1. The largest absolute Gasteiger partial charge is 0.377 e. The van der Waals surface area contributed by atoms with Crippen LogP contribution in [0.2, 0.25) is 0 Å². The van der Waals surface area contributed by atoms with E-state index >= 15 is 0 Å². The fourth-order valence-corrected chi connectivity index (χ4v) is 5.27. The number of benzene rings is 1. The van der Waals surface area contributed by atoms with Crippen molar-refractivity contribution in [2.24, 2.45) is 0 Å². The van der Waals surface area contributed by atoms with Gasteiger partial charge in [0, 0.05) is 24.3 Å². The Hall–Kier alpha value is -3.89. The summed E-state index contributed by atoms with van der Waals surface area (Å²) in [7, 11) is 0. The third-order valence-electron chi connectivity index (χ3n) is 6.08. The molecule has 1 amide bonds. The van der Waals surface area contributed by atoms with E-state index in [1.54, 1.807) is 18.7 Å². The Morgan fingerprint density at radius 2 is 2.06 bits per heavy atom. The van der Waals surface area contributed by atoms with Crippen molar-refractivity contribution in [1.82, 2.24) is 24.5 Å². The van der Waals surface area contributed by atoms with Gasteiger partial charge >= 0.3 is 0 Å². The Balaban J connectivity index is 1.45. The quantitative estimate of drug-likeness (QED) is 0.404. The molecule has 1 aliphatic heterocycles. The topological polar surface area (TPSA) is 98.1 Å². The van der Waals surface area contributed by atoms with E-state index in [0.717, 1.165) is 39.2 Å². The zero-order valence-electron chi connectivity index (χ0n) is 19.1. The summed E-state index contributed by atoms with van der Waals surface area (Å²) in [6.07, 6.45) is 5.38. The van der Waals surface area contributed by atoms with Gasteiger partial charge < -0.3 is 15.0 Å². The van der Waals surface area contributed by atoms with E-state index in [1.807, 2.05) is 46.3 Å². The number of ether oxygens (including phenoxy) is 1. The first-order chi connectivity index (χ1) is 17.2. The van der Waals surface area contributed by atoms with Crippen LogP contribution in [0.25, 0.3) is 27.2 Å². The van der Waals surface area contributed by atoms with Gasteiger partial charge in [-0.05, 0) is 36.8 Å². The third kappa shape index (κ3) is 4.11. The van der Waals surface area contributed by atoms with Crippen LogP contribution in [0.3, 0.4) is 0 Å². The molecule has 0 bridgehead atoms. The molecular weight excluding hydrogens is 462 g/mol. The number of carbonyl (C=O) groups excluding carboxylic acids is 1. The van der Waals surface area contributed by atoms with Crippen LogP contribution in [0.4, 0.5) is 11.5 Å². The smallest absolute Gasteiger partial charge is 0.238 e. The highest BCUT2D eigenvalue weighted by molar-refractivity contribution is 7.18. The summed E-state index contributed by atoms with van der Waals surface area (Å²) in [5, 5.41) is 5.00. The molecule has 1 saturated heterocycles. The normalized spacial score (nSPS) is 16.1. The average Bonchev–Trinajstić information content (AvgIpc) is 3.49. The van der Waals surface area contributed by atoms with Gasteiger partial charge in [-0.2, -0.15) is 4.98 Å². The minimum absolute atomic E-state index is 0.106. The van der Waals surface area contributed by atoms with E-state index in [9.17, 15) is 4.79 Å². The average molecular weight is 486 g/mol. The molecule has 1 aromatic carbocycles. The van der Waals surface area contributed by atoms with Crippen molar-refractivity contribution in [1.29, 1.82) is 0 Å². The van der Waals surface area contributed by atoms with E-state index in [1.165, 1.54) is 11.3 Å². The summed E-state index contributed by atoms with van der Waals surface area (Å²) in [6, 6.07) is 11.7. The summed E-state index contributed by atoms with van der Waals surface area (Å²) >= 11 is 1.54. The Labute approximate surface area is 205 Å². The Morgan fingerprint density at radius 3 is 2.91 bits per heavy atom. The van der Waals surface area contributed by atoms with Crippen LogP contribution in [0.15, 0.2) is 60.5 Å². The maximum Gasteiger partial charge on any atom is 0.238 e. The number of amides is 1. The van der Waals surface area contributed by atoms with Gasteiger partial charge in [0.1, 0.15) is 11.8 Å². The molecule has 6 rings (SSSR count). The molecule has 1 aliphatic rings. The number of rotatable bonds is 5. The number of imidazole rings is 1. The molecule has 9 nitrogen and oxygen atoms in total. The van der Waals surface area contributed by atoms with Gasteiger partial charge in [-0.25, -0.2) is 9.97 Å². The number of hydrogen-bond donors (Lipinski definition) is 1. The number of anilines is 2. The van der Waals surface area contributed by atoms with Gasteiger partial charge in [0.15, 0.2) is 5.82 Å². The fourth-order valence-electron chi connectivity index (χ4n) is 4.32. The Bertz CT molecular complexity index is 1510. The predicted octanol–water partition coefficient (Wildman–Crippen LogP) is 3.83. The molecule has 10 heteroatoms. The Kier molecular flexibility index (Phi) is 5.59. The predicted molar refractivity (Wildman–Crippen MR) is 136 cm³/mol. The van der Waals surface area contributed by atoms with Crippen LogP contribution in [-0.4, -0.2) is 56.2 Å². The van der Waals surface area contributed by atoms with Crippen molar-refractivity contribution >= 4 is 50.0 Å². The minimum Gasteiger partial charge on any atom is -0.377 e. The molecule has 176 valence electrons. The van der Waals surface area contributed by atoms with E-state index in [2.05, 4.69) is 27.1 Å². The number of pyridine rings is 1. The highest BCUT2D eigenvalue weighted by Crippen LogP contribution is 2.37. The van der Waals surface area contributed by atoms with Crippen molar-refractivity contribution in [2.45, 2.75) is 19.4 Å². The molecule has 1 N–H and O–H groups in total. The summed E-state index contributed by atoms with van der Waals surface area (Å²) in [5.41, 5.74) is 4.09. The zero-order valence-corrected chi connectivity index (χ0v) is 19.9. The monoisotopic (exact) mass is 485 g/mol. The van der Waals surface area contributed by atoms with Crippen LogP contribution < -0.4 is 10.2 Å². The molecular formula is C25H23N7O2S. The van der Waals surface area contributed by atoms with Crippen molar-refractivity contribution in [3.05, 3.63) is 66.1 Å². The highest BCUT2D eigenvalue weighted by Gasteiger charge is 2.26. The molecule has 1 fully saturated rings. The third-order valence-corrected chi connectivity index (χ3v) is 7.05. The zero-order chi connectivity index (χ0) is 23.8. The van der Waals surface area contributed by atoms with E-state index < -0.39 is 0 Å². The molecule has 35 heavy (non-hydrogen) atoms. The van der Waals surface area contributed by atoms with Gasteiger partial charge in [-0.15, -0.1) is 11.3 Å². The lowest BCUT2D eigenvalue weighted by atomic mass is 10.2. The number of nitrogens with one attached hydrogen (secondary N) is 1. The first kappa shape index (κ1) is 21.6. The van der Waals surface area contributed by atoms with Crippen LogP contribution in [-0.2, 0) is 16.0 Å². The molecule has 0 radical (unpaired) electrons. The second-order valence-corrected chi connectivity index (χ2v) is 9.36. The van der Waals surface area contributed by atoms with E-state index in [4.69, 9.17) is 14.7 Å². The second kappa shape index (κ2) is 9.05. The second-order valence-electron chi connectivity index (χ2n) is 8.48. The number of aromatic nitrogens is 5. The number of nitrogens with zero attached hydrogens (tertiary/aromatic N) is 6. The number of morpholine rings is 1. The SMILES string of the molecule is C[C@@H]1COCCN1c1nc(-n2cnc3ccccc32)nc2c(NC(=O)Cc3ccncc3)csc12. The van der Waals surface area contributed by atoms with Gasteiger partial charge in [0.05, 0.1) is 47.1 Å². The van der Waals surface area contributed by atoms with Gasteiger partial charge in [0.2, 0.25) is 11.9 Å². The first-order valence-corrected chi connectivity index (χ1v) is 12.3. The number of carbonyl (C=O) groups is 1. The van der Waals surface area contributed by atoms with Crippen LogP contribution >= 0.6 is 11.3 Å². The number of fused-ring (bicyclic) bond motifs is 2. The molecule has 0 spiro atoms. The van der Waals surface area contributed by atoms with Gasteiger partial charge in [0.25, 0.3) is 0 Å². The highest BCUT2D eigenvalue weighted by atomic mass is 32.1. The van der Waals surface area contributed by atoms with Gasteiger partial charge in [-0.3, -0.25) is 14.3 Å². The van der Waals surface area contributed by atoms with E-state index in [-0.39, 0.29) is 18.4 Å². The molecule has 5 aromatic rings. The van der Waals surface area contributed by atoms with Crippen molar-refractivity contribution in [3.8, 4) is 5.95 Å². The lowest BCUT2D eigenvalue weighted by Gasteiger charge is -2.34. The molecule has 0 unspecified atom stereocenters. The van der Waals surface area contributed by atoms with Crippen LogP contribution in [0.5, 0.6) is 0 Å². The first-order valence-electron chi connectivity index (χ1n) is 11.4. The van der Waals surface area contributed by atoms with E-state index in [0.29, 0.717) is 24.8 Å². The summed E-state index contributed by atoms with van der Waals surface area (Å²) in [5.74, 6) is 1.26. The number of thiophene rings is 1. The van der Waals surface area contributed by atoms with Crippen LogP contribution in [0.1, 0.15) is 12.5 Å². The molecule has 5 heterocycles. The molecule has 1 atom stereocenters. The maximum atomic E-state index is 12.8. The Morgan fingerprint density at radius 1 is 1.20 bits per heavy atom. The van der Waals surface area contributed by atoms with Crippen LogP contribution in [0, 0.1) is 0 Å². The van der Waals surface area contributed by atoms with Gasteiger partial charge in [-0.1, -0.05) is 12.1 Å². The summed E-state index contributed by atoms with van der Waals surface area (Å²) in [6.45, 7) is 4.14. The number of hydrogen-bond acceptors (Lipinski definition) is 8. The maximum absolute atomic E-state index is 12.8. The lowest BCUT2D eigenvalue weighted by Crippen LogP contribution is -2.44. The van der Waals surface area contributed by atoms with Crippen molar-refractivity contribution < 1.29 is 9.53 Å². The summed E-state index contributed by atoms with van der Waals surface area (Å²) < 4.78 is 8.49.